The van der Waals surface area contributed by atoms with Gasteiger partial charge in [-0.15, -0.1) is 11.3 Å². The molecular weight excluding hydrogens is 304 g/mol. The second-order valence-corrected chi connectivity index (χ2v) is 4.96. The van der Waals surface area contributed by atoms with Crippen LogP contribution in [0.5, 0.6) is 0 Å². The molecule has 1 nitrogen and oxygen atoms in total. The van der Waals surface area contributed by atoms with Crippen LogP contribution in [0.25, 0.3) is 0 Å². The average molecular weight is 308 g/mol. The highest BCUT2D eigenvalue weighted by molar-refractivity contribution is 9.10. The third kappa shape index (κ3) is 3.25. The molecule has 0 amide bonds. The van der Waals surface area contributed by atoms with E-state index in [9.17, 15) is 18.0 Å². The highest BCUT2D eigenvalue weighted by atomic mass is 79.9. The normalized spacial score (nSPS) is 11.8. The Bertz CT molecular complexity index is 341. The zero-order chi connectivity index (χ0) is 10.9. The number of alkyl halides is 3. The molecule has 0 aromatic carbocycles. The van der Waals surface area contributed by atoms with Crippen molar-refractivity contribution in [3.63, 3.8) is 0 Å². The molecular formula is C7H3BrClF3OS. The highest BCUT2D eigenvalue weighted by Gasteiger charge is 2.32. The van der Waals surface area contributed by atoms with Gasteiger partial charge in [0.05, 0.1) is 4.88 Å². The van der Waals surface area contributed by atoms with Crippen LogP contribution in [0.4, 0.5) is 13.2 Å². The molecule has 0 saturated heterocycles. The molecule has 1 heterocycles. The van der Waals surface area contributed by atoms with Gasteiger partial charge in [-0.3, -0.25) is 4.79 Å². The summed E-state index contributed by atoms with van der Waals surface area (Å²) in [5.41, 5.74) is 0. The van der Waals surface area contributed by atoms with Crippen molar-refractivity contribution in [3.05, 3.63) is 19.8 Å². The van der Waals surface area contributed by atoms with E-state index < -0.39 is 18.4 Å². The number of Topliss-reactive ketones (excluding diaryl/α,β-unsaturated/α-hetero) is 1. The maximum Gasteiger partial charge on any atom is 0.396 e. The minimum atomic E-state index is -4.47. The van der Waals surface area contributed by atoms with Crippen molar-refractivity contribution in [3.8, 4) is 0 Å². The lowest BCUT2D eigenvalue weighted by atomic mass is 10.2. The first-order chi connectivity index (χ1) is 6.29. The fraction of sp³-hybridized carbons (Fsp3) is 0.286. The van der Waals surface area contributed by atoms with E-state index in [2.05, 4.69) is 15.9 Å². The molecule has 0 bridgehead atoms. The van der Waals surface area contributed by atoms with E-state index >= 15 is 0 Å². The van der Waals surface area contributed by atoms with Gasteiger partial charge >= 0.3 is 6.18 Å². The minimum Gasteiger partial charge on any atom is -0.293 e. The maximum absolute atomic E-state index is 11.8. The Morgan fingerprint density at radius 1 is 1.57 bits per heavy atom. The minimum absolute atomic E-state index is 0.0131. The van der Waals surface area contributed by atoms with Crippen LogP contribution in [0.2, 0.25) is 4.34 Å². The smallest absolute Gasteiger partial charge is 0.293 e. The Labute approximate surface area is 95.0 Å². The van der Waals surface area contributed by atoms with Crippen molar-refractivity contribution in [2.75, 3.05) is 0 Å². The zero-order valence-electron chi connectivity index (χ0n) is 6.49. The van der Waals surface area contributed by atoms with Gasteiger partial charge in [0.1, 0.15) is 10.8 Å². The van der Waals surface area contributed by atoms with Crippen LogP contribution in [0.1, 0.15) is 16.1 Å². The maximum atomic E-state index is 11.8. The summed E-state index contributed by atoms with van der Waals surface area (Å²) in [6.45, 7) is 0. The lowest BCUT2D eigenvalue weighted by molar-refractivity contribution is -0.125. The van der Waals surface area contributed by atoms with Crippen LogP contribution >= 0.6 is 38.9 Å². The third-order valence-corrected chi connectivity index (χ3v) is 3.80. The van der Waals surface area contributed by atoms with Gasteiger partial charge in [-0.05, 0) is 22.0 Å². The van der Waals surface area contributed by atoms with E-state index in [0.717, 1.165) is 11.3 Å². The van der Waals surface area contributed by atoms with E-state index in [1.54, 1.807) is 0 Å². The fourth-order valence-corrected chi connectivity index (χ4v) is 2.39. The van der Waals surface area contributed by atoms with Crippen molar-refractivity contribution in [2.45, 2.75) is 12.6 Å². The number of rotatable bonds is 2. The van der Waals surface area contributed by atoms with Crippen molar-refractivity contribution in [2.24, 2.45) is 0 Å². The molecule has 1 aromatic rings. The standard InChI is InChI=1S/C7H3BrClF3OS/c8-3-1-5(14-6(3)9)4(13)2-7(10,11)12/h1H,2H2. The summed E-state index contributed by atoms with van der Waals surface area (Å²) in [7, 11) is 0. The number of carbonyl (C=O) groups is 1. The molecule has 0 aliphatic rings. The van der Waals surface area contributed by atoms with Gasteiger partial charge in [0.15, 0.2) is 5.78 Å². The van der Waals surface area contributed by atoms with Crippen molar-refractivity contribution >= 4 is 44.7 Å². The Morgan fingerprint density at radius 3 is 2.50 bits per heavy atom. The molecule has 1 rings (SSSR count). The lowest BCUT2D eigenvalue weighted by Gasteiger charge is -2.02. The second kappa shape index (κ2) is 4.20. The lowest BCUT2D eigenvalue weighted by Crippen LogP contribution is -2.13. The monoisotopic (exact) mass is 306 g/mol. The Kier molecular flexibility index (Phi) is 3.60. The number of ketones is 1. The molecule has 7 heteroatoms. The topological polar surface area (TPSA) is 17.1 Å². The number of carbonyl (C=O) groups excluding carboxylic acids is 1. The van der Waals surface area contributed by atoms with Gasteiger partial charge in [-0.2, -0.15) is 13.2 Å². The van der Waals surface area contributed by atoms with E-state index in [4.69, 9.17) is 11.6 Å². The summed E-state index contributed by atoms with van der Waals surface area (Å²) >= 11 is 9.42. The quantitative estimate of drug-likeness (QED) is 0.745. The fourth-order valence-electron chi connectivity index (χ4n) is 0.753. The Hall–Kier alpha value is -0.0700. The number of thiophene rings is 1. The van der Waals surface area contributed by atoms with E-state index in [1.807, 2.05) is 0 Å². The number of halogens is 5. The Balaban J connectivity index is 2.80. The first-order valence-corrected chi connectivity index (χ1v) is 5.33. The van der Waals surface area contributed by atoms with Gasteiger partial charge in [0.2, 0.25) is 0 Å². The van der Waals surface area contributed by atoms with Crippen LogP contribution in [0.15, 0.2) is 10.5 Å². The van der Waals surface area contributed by atoms with Gasteiger partial charge in [0, 0.05) is 4.47 Å². The van der Waals surface area contributed by atoms with Crippen molar-refractivity contribution in [1.29, 1.82) is 0 Å². The molecule has 0 aliphatic carbocycles. The number of hydrogen-bond acceptors (Lipinski definition) is 2. The molecule has 14 heavy (non-hydrogen) atoms. The average Bonchev–Trinajstić information content (AvgIpc) is 2.28. The summed E-state index contributed by atoms with van der Waals surface area (Å²) in [5.74, 6) is -0.963. The second-order valence-electron chi connectivity index (χ2n) is 2.45. The third-order valence-electron chi connectivity index (χ3n) is 1.28. The van der Waals surface area contributed by atoms with Crippen molar-refractivity contribution < 1.29 is 18.0 Å². The molecule has 0 saturated carbocycles. The largest absolute Gasteiger partial charge is 0.396 e. The first-order valence-electron chi connectivity index (χ1n) is 3.34. The molecule has 0 unspecified atom stereocenters. The summed E-state index contributed by atoms with van der Waals surface area (Å²) in [4.78, 5) is 11.0. The van der Waals surface area contributed by atoms with Gasteiger partial charge in [-0.25, -0.2) is 0 Å². The molecule has 0 radical (unpaired) electrons. The summed E-state index contributed by atoms with van der Waals surface area (Å²) in [6, 6.07) is 1.29. The van der Waals surface area contributed by atoms with Crippen LogP contribution in [-0.2, 0) is 0 Å². The van der Waals surface area contributed by atoms with Gasteiger partial charge in [-0.1, -0.05) is 11.6 Å². The van der Waals surface area contributed by atoms with Crippen LogP contribution in [0, 0.1) is 0 Å². The molecule has 78 valence electrons. The Morgan fingerprint density at radius 2 is 2.14 bits per heavy atom. The van der Waals surface area contributed by atoms with Crippen LogP contribution in [0.3, 0.4) is 0 Å². The van der Waals surface area contributed by atoms with Crippen molar-refractivity contribution in [1.82, 2.24) is 0 Å². The zero-order valence-corrected chi connectivity index (χ0v) is 9.65. The van der Waals surface area contributed by atoms with Crippen LogP contribution < -0.4 is 0 Å². The van der Waals surface area contributed by atoms with E-state index in [1.165, 1.54) is 6.07 Å². The van der Waals surface area contributed by atoms with Gasteiger partial charge < -0.3 is 0 Å². The molecule has 0 atom stereocenters. The first kappa shape index (κ1) is 12.0. The molecule has 0 fully saturated rings. The SMILES string of the molecule is O=C(CC(F)(F)F)c1cc(Br)c(Cl)s1. The molecule has 1 aromatic heterocycles. The molecule has 0 N–H and O–H groups in total. The highest BCUT2D eigenvalue weighted by Crippen LogP contribution is 2.34. The molecule has 0 aliphatic heterocycles. The summed E-state index contributed by atoms with van der Waals surface area (Å²) in [6.07, 6.45) is -5.92. The predicted octanol–water partition coefficient (Wildman–Crippen LogP) is 4.30. The summed E-state index contributed by atoms with van der Waals surface area (Å²) < 4.78 is 36.2. The van der Waals surface area contributed by atoms with Crippen LogP contribution in [-0.4, -0.2) is 12.0 Å². The van der Waals surface area contributed by atoms with Gasteiger partial charge in [0.25, 0.3) is 0 Å². The predicted molar refractivity (Wildman–Crippen MR) is 52.0 cm³/mol. The summed E-state index contributed by atoms with van der Waals surface area (Å²) in [5, 5.41) is 0. The molecule has 0 spiro atoms. The van der Waals surface area contributed by atoms with E-state index in [-0.39, 0.29) is 9.21 Å². The number of hydrogen-bond donors (Lipinski definition) is 0. The van der Waals surface area contributed by atoms with E-state index in [0.29, 0.717) is 4.47 Å².